The van der Waals surface area contributed by atoms with Crippen LogP contribution < -0.4 is 19.1 Å². The number of amides is 1. The van der Waals surface area contributed by atoms with Gasteiger partial charge in [-0.15, -0.1) is 5.10 Å². The number of nitrogens with zero attached hydrogens (tertiary/aromatic N) is 4. The van der Waals surface area contributed by atoms with Crippen LogP contribution in [0.25, 0.3) is 10.8 Å². The van der Waals surface area contributed by atoms with Crippen LogP contribution in [0.2, 0.25) is 0 Å². The van der Waals surface area contributed by atoms with Crippen molar-refractivity contribution in [3.05, 3.63) is 48.2 Å². The Morgan fingerprint density at radius 3 is 2.58 bits per heavy atom. The Labute approximate surface area is 180 Å². The van der Waals surface area contributed by atoms with Gasteiger partial charge < -0.3 is 24.0 Å². The molecule has 8 nitrogen and oxygen atoms in total. The number of carbonyl (C=O) groups excluding carboxylic acids is 1. The summed E-state index contributed by atoms with van der Waals surface area (Å²) in [4.78, 5) is 16.6. The summed E-state index contributed by atoms with van der Waals surface area (Å²) in [5.74, 6) is 2.81. The lowest BCUT2D eigenvalue weighted by Crippen LogP contribution is -2.49. The highest BCUT2D eigenvalue weighted by molar-refractivity contribution is 5.94. The number of methoxy groups -OCH3 is 2. The number of ether oxygens (including phenoxy) is 3. The Morgan fingerprint density at radius 2 is 1.81 bits per heavy atom. The van der Waals surface area contributed by atoms with Crippen LogP contribution in [0, 0.1) is 0 Å². The average molecular weight is 420 g/mol. The number of fused-ring (bicyclic) bond motifs is 2. The zero-order valence-corrected chi connectivity index (χ0v) is 17.6. The van der Waals surface area contributed by atoms with Crippen molar-refractivity contribution in [1.29, 1.82) is 0 Å². The maximum Gasteiger partial charge on any atom is 0.415 e. The third-order valence-corrected chi connectivity index (χ3v) is 6.10. The molecule has 2 aliphatic heterocycles. The van der Waals surface area contributed by atoms with Crippen LogP contribution in [-0.2, 0) is 6.54 Å². The van der Waals surface area contributed by atoms with Crippen molar-refractivity contribution < 1.29 is 19.0 Å². The Kier molecular flexibility index (Phi) is 4.97. The quantitative estimate of drug-likeness (QED) is 0.638. The number of benzene rings is 2. The topological polar surface area (TPSA) is 77.0 Å². The summed E-state index contributed by atoms with van der Waals surface area (Å²) < 4.78 is 16.4. The summed E-state index contributed by atoms with van der Waals surface area (Å²) in [6, 6.07) is 11.7. The number of aromatic nitrogens is 2. The number of anilines is 1. The standard InChI is InChI=1S/C23H24N4O4/c1-29-20-11-16-13-24-25-22(18(16)12-21(20)30-2)26-9-7-17(8-10-26)27-14-15-5-3-4-6-19(15)31-23(27)28/h3-6,11-13,17H,7-10,14H2,1-2H3. The molecule has 0 atom stereocenters. The molecule has 2 aliphatic rings. The Morgan fingerprint density at radius 1 is 1.06 bits per heavy atom. The minimum Gasteiger partial charge on any atom is -0.493 e. The minimum atomic E-state index is -0.265. The third-order valence-electron chi connectivity index (χ3n) is 6.10. The SMILES string of the molecule is COc1cc2cnnc(N3CCC(N4Cc5ccccc5OC4=O)CC3)c2cc1OC. The number of hydrogen-bond donors (Lipinski definition) is 0. The van der Waals surface area contributed by atoms with Crippen molar-refractivity contribution in [2.75, 3.05) is 32.2 Å². The molecular formula is C23H24N4O4. The molecule has 8 heteroatoms. The van der Waals surface area contributed by atoms with Crippen LogP contribution in [-0.4, -0.2) is 54.5 Å². The van der Waals surface area contributed by atoms with Gasteiger partial charge in [-0.25, -0.2) is 4.79 Å². The fraction of sp³-hybridized carbons (Fsp3) is 0.348. The molecule has 2 aromatic carbocycles. The summed E-state index contributed by atoms with van der Waals surface area (Å²) in [5.41, 5.74) is 1.05. The van der Waals surface area contributed by atoms with Gasteiger partial charge in [-0.1, -0.05) is 18.2 Å². The number of piperidine rings is 1. The Hall–Kier alpha value is -3.55. The van der Waals surface area contributed by atoms with Crippen LogP contribution in [0.1, 0.15) is 18.4 Å². The molecule has 0 radical (unpaired) electrons. The van der Waals surface area contributed by atoms with E-state index >= 15 is 0 Å². The van der Waals surface area contributed by atoms with Gasteiger partial charge in [0.05, 0.1) is 27.0 Å². The normalized spacial score (nSPS) is 16.8. The molecule has 1 fully saturated rings. The average Bonchev–Trinajstić information content (AvgIpc) is 2.82. The van der Waals surface area contributed by atoms with E-state index in [9.17, 15) is 4.79 Å². The molecule has 1 aromatic heterocycles. The monoisotopic (exact) mass is 420 g/mol. The highest BCUT2D eigenvalue weighted by Gasteiger charge is 2.33. The lowest BCUT2D eigenvalue weighted by Gasteiger charge is -2.40. The second kappa shape index (κ2) is 7.94. The van der Waals surface area contributed by atoms with Gasteiger partial charge >= 0.3 is 6.09 Å². The van der Waals surface area contributed by atoms with Gasteiger partial charge in [-0.3, -0.25) is 0 Å². The molecule has 0 spiro atoms. The van der Waals surface area contributed by atoms with E-state index in [0.717, 1.165) is 48.1 Å². The van der Waals surface area contributed by atoms with Crippen LogP contribution >= 0.6 is 0 Å². The van der Waals surface area contributed by atoms with Crippen LogP contribution in [0.4, 0.5) is 10.6 Å². The summed E-state index contributed by atoms with van der Waals surface area (Å²) in [5, 5.41) is 10.5. The van der Waals surface area contributed by atoms with Gasteiger partial charge in [0.25, 0.3) is 0 Å². The summed E-state index contributed by atoms with van der Waals surface area (Å²) in [6.45, 7) is 2.14. The van der Waals surface area contributed by atoms with Crippen molar-refractivity contribution in [2.24, 2.45) is 0 Å². The number of hydrogen-bond acceptors (Lipinski definition) is 7. The number of carbonyl (C=O) groups is 1. The first-order chi connectivity index (χ1) is 15.2. The first kappa shape index (κ1) is 19.4. The van der Waals surface area contributed by atoms with Crippen LogP contribution in [0.3, 0.4) is 0 Å². The Balaban J connectivity index is 1.35. The van der Waals surface area contributed by atoms with Crippen molar-refractivity contribution in [3.8, 4) is 17.2 Å². The summed E-state index contributed by atoms with van der Waals surface area (Å²) in [6.07, 6.45) is 3.14. The smallest absolute Gasteiger partial charge is 0.415 e. The molecule has 0 aliphatic carbocycles. The second-order valence-corrected chi connectivity index (χ2v) is 7.78. The lowest BCUT2D eigenvalue weighted by molar-refractivity contribution is 0.106. The molecule has 3 heterocycles. The van der Waals surface area contributed by atoms with Crippen LogP contribution in [0.5, 0.6) is 17.2 Å². The van der Waals surface area contributed by atoms with E-state index in [1.165, 1.54) is 0 Å². The highest BCUT2D eigenvalue weighted by Crippen LogP contribution is 2.36. The van der Waals surface area contributed by atoms with E-state index < -0.39 is 0 Å². The van der Waals surface area contributed by atoms with E-state index in [1.807, 2.05) is 41.3 Å². The molecule has 3 aromatic rings. The van der Waals surface area contributed by atoms with Gasteiger partial charge in [0.1, 0.15) is 5.75 Å². The third kappa shape index (κ3) is 3.48. The van der Waals surface area contributed by atoms with E-state index in [0.29, 0.717) is 23.8 Å². The van der Waals surface area contributed by atoms with Gasteiger partial charge in [-0.05, 0) is 31.0 Å². The van der Waals surface area contributed by atoms with E-state index in [2.05, 4.69) is 15.1 Å². The second-order valence-electron chi connectivity index (χ2n) is 7.78. The fourth-order valence-corrected chi connectivity index (χ4v) is 4.43. The largest absolute Gasteiger partial charge is 0.493 e. The minimum absolute atomic E-state index is 0.134. The first-order valence-electron chi connectivity index (χ1n) is 10.4. The van der Waals surface area contributed by atoms with Gasteiger partial charge in [-0.2, -0.15) is 5.10 Å². The van der Waals surface area contributed by atoms with Crippen LogP contribution in [0.15, 0.2) is 42.6 Å². The zero-order chi connectivity index (χ0) is 21.4. The Bertz CT molecular complexity index is 1130. The predicted octanol–water partition coefficient (Wildman–Crippen LogP) is 3.63. The van der Waals surface area contributed by atoms with Gasteiger partial charge in [0.2, 0.25) is 0 Å². The summed E-state index contributed by atoms with van der Waals surface area (Å²) >= 11 is 0. The van der Waals surface area contributed by atoms with E-state index in [1.54, 1.807) is 20.4 Å². The molecule has 0 saturated carbocycles. The highest BCUT2D eigenvalue weighted by atomic mass is 16.6. The predicted molar refractivity (Wildman–Crippen MR) is 116 cm³/mol. The molecule has 1 saturated heterocycles. The maximum absolute atomic E-state index is 12.6. The maximum atomic E-state index is 12.6. The molecule has 0 unspecified atom stereocenters. The summed E-state index contributed by atoms with van der Waals surface area (Å²) in [7, 11) is 3.24. The fourth-order valence-electron chi connectivity index (χ4n) is 4.43. The van der Waals surface area contributed by atoms with Gasteiger partial charge in [0.15, 0.2) is 17.3 Å². The molecule has 160 valence electrons. The molecule has 31 heavy (non-hydrogen) atoms. The molecule has 0 bridgehead atoms. The molecule has 5 rings (SSSR count). The molecule has 1 amide bonds. The van der Waals surface area contributed by atoms with Crippen molar-refractivity contribution >= 4 is 22.7 Å². The van der Waals surface area contributed by atoms with Crippen molar-refractivity contribution in [2.45, 2.75) is 25.4 Å². The number of para-hydroxylation sites is 1. The van der Waals surface area contributed by atoms with Crippen molar-refractivity contribution in [3.63, 3.8) is 0 Å². The molecule has 0 N–H and O–H groups in total. The zero-order valence-electron chi connectivity index (χ0n) is 17.6. The number of rotatable bonds is 4. The van der Waals surface area contributed by atoms with Gasteiger partial charge in [0, 0.05) is 35.5 Å². The first-order valence-corrected chi connectivity index (χ1v) is 10.4. The van der Waals surface area contributed by atoms with E-state index in [-0.39, 0.29) is 12.1 Å². The van der Waals surface area contributed by atoms with Crippen molar-refractivity contribution in [1.82, 2.24) is 15.1 Å². The molecular weight excluding hydrogens is 396 g/mol. The lowest BCUT2D eigenvalue weighted by atomic mass is 10.0. The van der Waals surface area contributed by atoms with E-state index in [4.69, 9.17) is 14.2 Å².